The summed E-state index contributed by atoms with van der Waals surface area (Å²) in [6.45, 7) is 0. The molecule has 0 aliphatic heterocycles. The van der Waals surface area contributed by atoms with Crippen molar-refractivity contribution in [2.45, 2.75) is 0 Å². The lowest BCUT2D eigenvalue weighted by molar-refractivity contribution is 1.15. The van der Waals surface area contributed by atoms with Crippen molar-refractivity contribution >= 4 is 177 Å². The molecule has 0 unspecified atom stereocenters. The van der Waals surface area contributed by atoms with Crippen LogP contribution < -0.4 is 19.6 Å². The summed E-state index contributed by atoms with van der Waals surface area (Å²) in [6.07, 6.45) is 0. The van der Waals surface area contributed by atoms with E-state index in [2.05, 4.69) is 523 Å². The minimum Gasteiger partial charge on any atom is -0.310 e. The van der Waals surface area contributed by atoms with E-state index in [-0.39, 0.29) is 0 Å². The SMILES string of the molecule is c1ccc(N(c2ccccc2)c2cc(N(c3ccccc3)c3ccccc3)c3c4cc5ccccc5cc4n(-c4ccc5c6ccccc6n(-c6ccccc6)c5c4)c3c2)cc1.c1ccc(N(c2ccccc2)c2cc(N(c3ccccc3)c3ccccc3)c3c4ccc5ccccc5c4n(-c4ccc5c6ccccc6n(-c6ccccc6)c5c4)c3c2)cc1. The Bertz CT molecular complexity index is 7820. The molecule has 20 aromatic carbocycles. The Hall–Kier alpha value is -16.7. The molecule has 0 spiro atoms. The zero-order valence-electron chi connectivity index (χ0n) is 67.8. The summed E-state index contributed by atoms with van der Waals surface area (Å²) in [5.74, 6) is 0. The third kappa shape index (κ3) is 12.5. The van der Waals surface area contributed by atoms with Crippen LogP contribution in [0, 0.1) is 0 Å². The van der Waals surface area contributed by atoms with Crippen LogP contribution in [-0.4, -0.2) is 18.3 Å². The first-order valence-corrected chi connectivity index (χ1v) is 42.4. The standard InChI is InChI=1S/2C58H40N4/c1-6-22-43(23-7-1)59(44-24-8-2-9-25-44)49-39-56(60(45-26-10-3-11-27-45)46-28-12-4-13-29-46)58-52-36-41-20-16-17-21-42(41)37-54(52)62(57(58)40-49)48-34-35-51-50-32-18-19-33-53(50)61(55(51)38-48)47-30-14-5-15-31-47;1-6-21-42(22-7-1)59(43-23-8-2-9-24-43)48-39-55(60(44-25-10-3-11-26-44)45-27-12-4-13-28-45)57-52-36-34-41-20-16-17-31-49(41)58(52)62(56(57)40-48)47-35-37-51-50-32-18-19-33-53(50)61(54(51)38-47)46-29-14-5-15-30-46/h2*1-40H. The van der Waals surface area contributed by atoms with Crippen LogP contribution in [0.3, 0.4) is 0 Å². The van der Waals surface area contributed by atoms with E-state index in [4.69, 9.17) is 0 Å². The van der Waals surface area contributed by atoms with Gasteiger partial charge in [-0.05, 0) is 210 Å². The Morgan fingerprint density at radius 2 is 0.419 bits per heavy atom. The molecule has 0 amide bonds. The van der Waals surface area contributed by atoms with E-state index in [1.54, 1.807) is 0 Å². The molecule has 0 aliphatic carbocycles. The number of fused-ring (bicyclic) bond motifs is 15. The Labute approximate surface area is 718 Å². The molecule has 0 atom stereocenters. The van der Waals surface area contributed by atoms with Gasteiger partial charge in [-0.3, -0.25) is 0 Å². The summed E-state index contributed by atoms with van der Waals surface area (Å²) >= 11 is 0. The molecule has 0 N–H and O–H groups in total. The molecule has 0 radical (unpaired) electrons. The number of rotatable bonds is 16. The second kappa shape index (κ2) is 30.9. The first kappa shape index (κ1) is 72.5. The fourth-order valence-electron chi connectivity index (χ4n) is 19.1. The van der Waals surface area contributed by atoms with Gasteiger partial charge in [0.1, 0.15) is 0 Å². The van der Waals surface area contributed by atoms with Crippen molar-refractivity contribution in [3.63, 3.8) is 0 Å². The van der Waals surface area contributed by atoms with E-state index >= 15 is 0 Å². The number of aromatic nitrogens is 4. The second-order valence-electron chi connectivity index (χ2n) is 31.6. The highest BCUT2D eigenvalue weighted by molar-refractivity contribution is 6.25. The third-order valence-electron chi connectivity index (χ3n) is 24.4. The third-order valence-corrected chi connectivity index (χ3v) is 24.4. The molecule has 0 saturated heterocycles. The van der Waals surface area contributed by atoms with Gasteiger partial charge in [-0.15, -0.1) is 0 Å². The van der Waals surface area contributed by atoms with Gasteiger partial charge in [0.05, 0.1) is 66.9 Å². The van der Waals surface area contributed by atoms with Crippen LogP contribution >= 0.6 is 0 Å². The lowest BCUT2D eigenvalue weighted by Crippen LogP contribution is -2.14. The maximum atomic E-state index is 2.52. The zero-order chi connectivity index (χ0) is 82.0. The van der Waals surface area contributed by atoms with E-state index < -0.39 is 0 Å². The Balaban J connectivity index is 0.000000143. The van der Waals surface area contributed by atoms with Crippen LogP contribution in [0.2, 0.25) is 0 Å². The van der Waals surface area contributed by atoms with E-state index in [0.717, 1.165) is 119 Å². The molecule has 4 aromatic heterocycles. The molecule has 584 valence electrons. The van der Waals surface area contributed by atoms with Crippen LogP contribution in [0.25, 0.3) is 132 Å². The minimum atomic E-state index is 1.05. The fraction of sp³-hybridized carbons (Fsp3) is 0. The summed E-state index contributed by atoms with van der Waals surface area (Å²) in [7, 11) is 0. The second-order valence-corrected chi connectivity index (χ2v) is 31.6. The van der Waals surface area contributed by atoms with Gasteiger partial charge < -0.3 is 37.9 Å². The van der Waals surface area contributed by atoms with Crippen molar-refractivity contribution in [1.82, 2.24) is 18.3 Å². The van der Waals surface area contributed by atoms with E-state index in [1.807, 2.05) is 0 Å². The number of nitrogens with zero attached hydrogens (tertiary/aromatic N) is 8. The fourth-order valence-corrected chi connectivity index (χ4v) is 19.1. The molecule has 124 heavy (non-hydrogen) atoms. The summed E-state index contributed by atoms with van der Waals surface area (Å²) in [5.41, 5.74) is 26.6. The summed E-state index contributed by atoms with van der Waals surface area (Å²) < 4.78 is 9.84. The molecule has 4 heterocycles. The lowest BCUT2D eigenvalue weighted by atomic mass is 10.0. The van der Waals surface area contributed by atoms with Gasteiger partial charge in [-0.25, -0.2) is 0 Å². The molecule has 8 heteroatoms. The van der Waals surface area contributed by atoms with Gasteiger partial charge in [0.25, 0.3) is 0 Å². The minimum absolute atomic E-state index is 1.05. The maximum Gasteiger partial charge on any atom is 0.0620 e. The normalized spacial score (nSPS) is 11.5. The Morgan fingerprint density at radius 3 is 0.823 bits per heavy atom. The van der Waals surface area contributed by atoms with E-state index in [1.165, 1.54) is 81.2 Å². The number of para-hydroxylation sites is 12. The summed E-state index contributed by atoms with van der Waals surface area (Å²) in [6, 6.07) is 176. The van der Waals surface area contributed by atoms with Crippen LogP contribution in [0.4, 0.5) is 68.2 Å². The van der Waals surface area contributed by atoms with Crippen LogP contribution in [0.5, 0.6) is 0 Å². The zero-order valence-corrected chi connectivity index (χ0v) is 67.8. The maximum absolute atomic E-state index is 2.52. The van der Waals surface area contributed by atoms with Crippen molar-refractivity contribution in [2.75, 3.05) is 19.6 Å². The van der Waals surface area contributed by atoms with Crippen molar-refractivity contribution in [2.24, 2.45) is 0 Å². The van der Waals surface area contributed by atoms with E-state index in [9.17, 15) is 0 Å². The largest absolute Gasteiger partial charge is 0.310 e. The molecular weight excluding hydrogens is 1510 g/mol. The van der Waals surface area contributed by atoms with Crippen molar-refractivity contribution in [1.29, 1.82) is 0 Å². The average molecular weight is 1590 g/mol. The number of benzene rings is 20. The Kier molecular flexibility index (Phi) is 18.1. The molecule has 24 aromatic rings. The first-order chi connectivity index (χ1) is 61.6. The van der Waals surface area contributed by atoms with Crippen LogP contribution in [-0.2, 0) is 0 Å². The molecule has 0 bridgehead atoms. The predicted octanol–water partition coefficient (Wildman–Crippen LogP) is 31.9. The van der Waals surface area contributed by atoms with E-state index in [0.29, 0.717) is 0 Å². The highest BCUT2D eigenvalue weighted by Gasteiger charge is 2.30. The van der Waals surface area contributed by atoms with Crippen molar-refractivity contribution < 1.29 is 0 Å². The highest BCUT2D eigenvalue weighted by Crippen LogP contribution is 2.53. The molecule has 8 nitrogen and oxygen atoms in total. The van der Waals surface area contributed by atoms with Crippen molar-refractivity contribution in [3.8, 4) is 22.7 Å². The number of hydrogen-bond acceptors (Lipinski definition) is 4. The highest BCUT2D eigenvalue weighted by atomic mass is 15.2. The molecule has 0 aliphatic rings. The predicted molar refractivity (Wildman–Crippen MR) is 524 cm³/mol. The molecule has 0 saturated carbocycles. The number of hydrogen-bond donors (Lipinski definition) is 0. The topological polar surface area (TPSA) is 32.7 Å². The summed E-state index contributed by atoms with van der Waals surface area (Å²) in [4.78, 5) is 9.62. The van der Waals surface area contributed by atoms with Gasteiger partial charge in [0.15, 0.2) is 0 Å². The molecule has 24 rings (SSSR count). The lowest BCUT2D eigenvalue weighted by Gasteiger charge is -2.30. The van der Waals surface area contributed by atoms with Gasteiger partial charge in [0.2, 0.25) is 0 Å². The molecule has 0 fully saturated rings. The summed E-state index contributed by atoms with van der Waals surface area (Å²) in [5, 5.41) is 14.4. The van der Waals surface area contributed by atoms with Crippen LogP contribution in [0.1, 0.15) is 0 Å². The smallest absolute Gasteiger partial charge is 0.0620 e. The van der Waals surface area contributed by atoms with Gasteiger partial charge in [-0.2, -0.15) is 0 Å². The van der Waals surface area contributed by atoms with Crippen LogP contribution in [0.15, 0.2) is 485 Å². The average Bonchev–Trinajstić information content (AvgIpc) is 1.55. The Morgan fingerprint density at radius 1 is 0.137 bits per heavy atom. The van der Waals surface area contributed by atoms with Gasteiger partial charge in [-0.1, -0.05) is 291 Å². The van der Waals surface area contributed by atoms with Crippen molar-refractivity contribution in [3.05, 3.63) is 485 Å². The quantitative estimate of drug-likeness (QED) is 0.0965. The molecular formula is C116H80N8. The first-order valence-electron chi connectivity index (χ1n) is 42.4. The number of anilines is 12. The van der Waals surface area contributed by atoms with Gasteiger partial charge in [0, 0.05) is 117 Å². The monoisotopic (exact) mass is 1580 g/mol. The van der Waals surface area contributed by atoms with Gasteiger partial charge >= 0.3 is 0 Å².